The minimum Gasteiger partial charge on any atom is -0.457 e. The van der Waals surface area contributed by atoms with E-state index in [-0.39, 0.29) is 0 Å². The highest BCUT2D eigenvalue weighted by Crippen LogP contribution is 2.31. The van der Waals surface area contributed by atoms with Gasteiger partial charge in [0, 0.05) is 5.69 Å². The summed E-state index contributed by atoms with van der Waals surface area (Å²) in [7, 11) is 2.22. The summed E-state index contributed by atoms with van der Waals surface area (Å²) in [6, 6.07) is 7.50. The van der Waals surface area contributed by atoms with Crippen molar-refractivity contribution in [3.63, 3.8) is 0 Å². The molecule has 0 aromatic heterocycles. The number of quaternary nitrogens is 1. The van der Waals surface area contributed by atoms with Gasteiger partial charge < -0.3 is 24.4 Å². The number of ether oxygens (including phenoxy) is 3. The lowest BCUT2D eigenvalue weighted by atomic mass is 10.2. The van der Waals surface area contributed by atoms with Gasteiger partial charge in [-0.05, 0) is 26.0 Å². The first kappa shape index (κ1) is 15.5. The number of nitrogens with zero attached hydrogens (tertiary/aromatic N) is 1. The monoisotopic (exact) mass is 293 g/mol. The van der Waals surface area contributed by atoms with Crippen LogP contribution in [0.15, 0.2) is 36.5 Å². The van der Waals surface area contributed by atoms with Gasteiger partial charge in [0.1, 0.15) is 13.2 Å². The van der Waals surface area contributed by atoms with Crippen molar-refractivity contribution >= 4 is 5.69 Å². The average molecular weight is 293 g/mol. The van der Waals surface area contributed by atoms with Crippen molar-refractivity contribution in [3.05, 3.63) is 42.0 Å². The van der Waals surface area contributed by atoms with Gasteiger partial charge in [0.05, 0.1) is 25.7 Å². The van der Waals surface area contributed by atoms with Crippen LogP contribution in [0.25, 0.3) is 0 Å². The number of nitrogen functional groups attached to an aromatic ring is 1. The number of nitrogens with two attached hydrogens (primary N) is 1. The Hall–Kier alpha value is -1.88. The van der Waals surface area contributed by atoms with Gasteiger partial charge in [-0.3, -0.25) is 0 Å². The fourth-order valence-corrected chi connectivity index (χ4v) is 2.12. The molecule has 1 aromatic rings. The number of benzene rings is 1. The van der Waals surface area contributed by atoms with Gasteiger partial charge in [-0.25, -0.2) is 0 Å². The number of anilines is 1. The minimum absolute atomic E-state index is 0.419. The van der Waals surface area contributed by atoms with E-state index in [1.807, 2.05) is 24.3 Å². The lowest BCUT2D eigenvalue weighted by Crippen LogP contribution is -2.45. The lowest BCUT2D eigenvalue weighted by molar-refractivity contribution is -0.906. The fraction of sp³-hybridized carbons (Fsp3) is 0.500. The van der Waals surface area contributed by atoms with E-state index in [4.69, 9.17) is 19.9 Å². The molecular formula is C16H25N2O3+. The van der Waals surface area contributed by atoms with Crippen molar-refractivity contribution < 1.29 is 18.7 Å². The van der Waals surface area contributed by atoms with Crippen molar-refractivity contribution in [1.29, 1.82) is 0 Å². The van der Waals surface area contributed by atoms with E-state index in [0.29, 0.717) is 18.2 Å². The van der Waals surface area contributed by atoms with E-state index in [2.05, 4.69) is 20.9 Å². The van der Waals surface area contributed by atoms with Crippen LogP contribution >= 0.6 is 0 Å². The predicted octanol–water partition coefficient (Wildman–Crippen LogP) is 2.62. The van der Waals surface area contributed by atoms with E-state index in [0.717, 1.165) is 29.7 Å². The van der Waals surface area contributed by atoms with Crippen molar-refractivity contribution in [2.75, 3.05) is 39.0 Å². The Morgan fingerprint density at radius 1 is 1.24 bits per heavy atom. The van der Waals surface area contributed by atoms with E-state index in [1.54, 1.807) is 0 Å². The molecule has 1 aliphatic heterocycles. The first-order chi connectivity index (χ1) is 10.1. The highest BCUT2D eigenvalue weighted by Gasteiger charge is 2.25. The van der Waals surface area contributed by atoms with E-state index < -0.39 is 6.29 Å². The highest BCUT2D eigenvalue weighted by molar-refractivity contribution is 5.47. The summed E-state index contributed by atoms with van der Waals surface area (Å²) in [4.78, 5) is 0. The van der Waals surface area contributed by atoms with Crippen LogP contribution < -0.4 is 5.73 Å². The van der Waals surface area contributed by atoms with Gasteiger partial charge in [-0.1, -0.05) is 12.1 Å². The maximum Gasteiger partial charge on any atom is 0.319 e. The molecule has 2 N–H and O–H groups in total. The van der Waals surface area contributed by atoms with Crippen LogP contribution in [0.5, 0.6) is 0 Å². The molecule has 1 aliphatic rings. The third-order valence-corrected chi connectivity index (χ3v) is 4.16. The molecule has 0 spiro atoms. The number of hydrogen-bond acceptors (Lipinski definition) is 4. The third kappa shape index (κ3) is 3.82. The third-order valence-electron chi connectivity index (χ3n) is 4.16. The number of likely N-dealkylation sites (N-methyl/N-ethyl adjacent to an activating group) is 1. The van der Waals surface area contributed by atoms with Crippen LogP contribution in [0, 0.1) is 0 Å². The molecule has 1 aromatic carbocycles. The van der Waals surface area contributed by atoms with E-state index in [9.17, 15) is 0 Å². The lowest BCUT2D eigenvalue weighted by Gasteiger charge is -2.31. The number of rotatable bonds is 7. The zero-order valence-electron chi connectivity index (χ0n) is 13.0. The van der Waals surface area contributed by atoms with Gasteiger partial charge in [-0.15, -0.1) is 0 Å². The second-order valence-corrected chi connectivity index (χ2v) is 5.48. The smallest absolute Gasteiger partial charge is 0.319 e. The predicted molar refractivity (Wildman–Crippen MR) is 81.9 cm³/mol. The minimum atomic E-state index is -0.514. The molecule has 0 bridgehead atoms. The molecule has 0 aliphatic carbocycles. The van der Waals surface area contributed by atoms with Crippen LogP contribution in [-0.2, 0) is 14.2 Å². The second-order valence-electron chi connectivity index (χ2n) is 5.48. The molecule has 2 rings (SSSR count). The Labute approximate surface area is 126 Å². The molecule has 21 heavy (non-hydrogen) atoms. The first-order valence-electron chi connectivity index (χ1n) is 7.41. The topological polar surface area (TPSA) is 53.7 Å². The van der Waals surface area contributed by atoms with Crippen LogP contribution in [0.3, 0.4) is 0 Å². The summed E-state index contributed by atoms with van der Waals surface area (Å²) in [5.41, 5.74) is 7.38. The molecule has 5 heteroatoms. The average Bonchev–Trinajstić information content (AvgIpc) is 2.96. The fourth-order valence-electron chi connectivity index (χ4n) is 2.12. The molecule has 0 fully saturated rings. The maximum absolute atomic E-state index is 5.91. The molecule has 0 saturated carbocycles. The summed E-state index contributed by atoms with van der Waals surface area (Å²) in [5.74, 6) is 0.419. The normalized spacial score (nSPS) is 17.9. The van der Waals surface area contributed by atoms with Crippen molar-refractivity contribution in [2.24, 2.45) is 0 Å². The summed E-state index contributed by atoms with van der Waals surface area (Å²) in [6.07, 6.45) is 0.999. The van der Waals surface area contributed by atoms with E-state index in [1.165, 1.54) is 6.26 Å². The van der Waals surface area contributed by atoms with E-state index >= 15 is 0 Å². The van der Waals surface area contributed by atoms with Crippen LogP contribution in [0.1, 0.15) is 25.7 Å². The second kappa shape index (κ2) is 6.72. The Balaban J connectivity index is 1.82. The molecule has 5 nitrogen and oxygen atoms in total. The molecule has 1 atom stereocenters. The number of para-hydroxylation sites is 1. The Morgan fingerprint density at radius 3 is 2.62 bits per heavy atom. The quantitative estimate of drug-likeness (QED) is 0.620. The van der Waals surface area contributed by atoms with Crippen LogP contribution in [0.2, 0.25) is 0 Å². The van der Waals surface area contributed by atoms with Gasteiger partial charge in [-0.2, -0.15) is 0 Å². The highest BCUT2D eigenvalue weighted by atomic mass is 16.8. The van der Waals surface area contributed by atoms with Gasteiger partial charge in [0.15, 0.2) is 6.26 Å². The Kier molecular flexibility index (Phi) is 4.96. The van der Waals surface area contributed by atoms with Gasteiger partial charge in [0.2, 0.25) is 0 Å². The molecule has 1 unspecified atom stereocenters. The van der Waals surface area contributed by atoms with Crippen molar-refractivity contribution in [3.8, 4) is 0 Å². The van der Waals surface area contributed by atoms with Gasteiger partial charge in [0.25, 0.3) is 6.29 Å². The maximum atomic E-state index is 5.91. The first-order valence-corrected chi connectivity index (χ1v) is 7.41. The summed E-state index contributed by atoms with van der Waals surface area (Å²) < 4.78 is 17.7. The molecule has 0 radical (unpaired) electrons. The Bertz CT molecular complexity index is 498. The van der Waals surface area contributed by atoms with Crippen molar-refractivity contribution in [2.45, 2.75) is 20.1 Å². The summed E-state index contributed by atoms with van der Waals surface area (Å²) in [5, 5.41) is 0. The zero-order chi connectivity index (χ0) is 15.3. The standard InChI is InChI=1S/C16H25N2O3/c1-4-18(3,5-2)10-11-19-15-12-20-16(21-15)13-8-6-7-9-14(13)17/h6-9,12,16H,4-5,10-11,17H2,1-3H3/q+1. The molecule has 0 saturated heterocycles. The van der Waals surface area contributed by atoms with Crippen LogP contribution in [0.4, 0.5) is 5.69 Å². The summed E-state index contributed by atoms with van der Waals surface area (Å²) in [6.45, 7) is 8.08. The SMILES string of the molecule is CC[N+](C)(CC)CCOC1=COC(c2ccccc2N)O1. The van der Waals surface area contributed by atoms with Gasteiger partial charge >= 0.3 is 5.95 Å². The molecular weight excluding hydrogens is 268 g/mol. The zero-order valence-corrected chi connectivity index (χ0v) is 13.0. The summed E-state index contributed by atoms with van der Waals surface area (Å²) >= 11 is 0. The number of hydrogen-bond donors (Lipinski definition) is 1. The largest absolute Gasteiger partial charge is 0.457 e. The molecule has 1 heterocycles. The molecule has 116 valence electrons. The Morgan fingerprint density at radius 2 is 1.95 bits per heavy atom. The van der Waals surface area contributed by atoms with Crippen molar-refractivity contribution in [1.82, 2.24) is 0 Å². The van der Waals surface area contributed by atoms with Crippen LogP contribution in [-0.4, -0.2) is 37.8 Å². The molecule has 0 amide bonds.